The van der Waals surface area contributed by atoms with Crippen molar-refractivity contribution in [3.8, 4) is 0 Å². The molecule has 0 N–H and O–H groups in total. The molecule has 2 heterocycles. The summed E-state index contributed by atoms with van der Waals surface area (Å²) in [7, 11) is 0. The molecule has 6 nitrogen and oxygen atoms in total. The van der Waals surface area contributed by atoms with E-state index in [1.54, 1.807) is 24.3 Å². The van der Waals surface area contributed by atoms with Gasteiger partial charge in [-0.05, 0) is 37.1 Å². The van der Waals surface area contributed by atoms with Crippen LogP contribution in [-0.4, -0.2) is 20.9 Å². The molecular formula is C30H30Cl4N4O2S2. The number of carbonyl (C=O) groups excluding carboxylic acids is 2. The molecule has 0 saturated heterocycles. The molecule has 2 aromatic carbocycles. The van der Waals surface area contributed by atoms with E-state index in [4.69, 9.17) is 46.4 Å². The highest BCUT2D eigenvalue weighted by molar-refractivity contribution is 7.16. The van der Waals surface area contributed by atoms with Crippen molar-refractivity contribution in [2.24, 2.45) is 9.98 Å². The molecule has 0 atom stereocenters. The van der Waals surface area contributed by atoms with E-state index < -0.39 is 0 Å². The van der Waals surface area contributed by atoms with Crippen LogP contribution in [0.1, 0.15) is 51.4 Å². The van der Waals surface area contributed by atoms with Gasteiger partial charge in [-0.1, -0.05) is 107 Å². The lowest BCUT2D eigenvalue weighted by atomic mass is 10.1. The normalized spacial score (nSPS) is 12.5. The first-order valence-corrected chi connectivity index (χ1v) is 16.7. The van der Waals surface area contributed by atoms with E-state index in [9.17, 15) is 9.59 Å². The van der Waals surface area contributed by atoms with Gasteiger partial charge in [0.1, 0.15) is 0 Å². The van der Waals surface area contributed by atoms with Crippen LogP contribution < -0.4 is 9.60 Å². The van der Waals surface area contributed by atoms with E-state index in [1.807, 2.05) is 21.3 Å². The molecule has 2 amide bonds. The maximum absolute atomic E-state index is 12.6. The number of amides is 2. The number of fused-ring (bicyclic) bond motifs is 2. The van der Waals surface area contributed by atoms with Crippen LogP contribution in [-0.2, 0) is 22.7 Å². The van der Waals surface area contributed by atoms with Gasteiger partial charge in [0.15, 0.2) is 9.60 Å². The van der Waals surface area contributed by atoms with Gasteiger partial charge in [-0.25, -0.2) is 0 Å². The zero-order valence-corrected chi connectivity index (χ0v) is 27.5. The fourth-order valence-electron chi connectivity index (χ4n) is 4.56. The molecule has 0 spiro atoms. The van der Waals surface area contributed by atoms with Crippen LogP contribution in [0.3, 0.4) is 0 Å². The molecule has 4 rings (SSSR count). The number of nitrogens with zero attached hydrogens (tertiary/aromatic N) is 4. The molecule has 0 saturated carbocycles. The summed E-state index contributed by atoms with van der Waals surface area (Å²) in [5, 5.41) is 1.81. The molecule has 0 unspecified atom stereocenters. The van der Waals surface area contributed by atoms with Gasteiger partial charge < -0.3 is 9.13 Å². The molecule has 0 bridgehead atoms. The number of unbranched alkanes of at least 4 members (excludes halogenated alkanes) is 5. The van der Waals surface area contributed by atoms with Gasteiger partial charge in [0.25, 0.3) is 0 Å². The van der Waals surface area contributed by atoms with Crippen LogP contribution in [0, 0.1) is 0 Å². The lowest BCUT2D eigenvalue weighted by Crippen LogP contribution is -2.16. The van der Waals surface area contributed by atoms with Crippen LogP contribution in [0.15, 0.2) is 59.6 Å². The maximum atomic E-state index is 12.6. The molecular weight excluding hydrogens is 654 g/mol. The maximum Gasteiger partial charge on any atom is 0.248 e. The van der Waals surface area contributed by atoms with Crippen molar-refractivity contribution in [2.45, 2.75) is 64.5 Å². The van der Waals surface area contributed by atoms with Crippen molar-refractivity contribution in [3.63, 3.8) is 0 Å². The lowest BCUT2D eigenvalue weighted by molar-refractivity contribution is -0.119. The highest BCUT2D eigenvalue weighted by Crippen LogP contribution is 2.33. The van der Waals surface area contributed by atoms with Crippen molar-refractivity contribution < 1.29 is 9.59 Å². The third kappa shape index (κ3) is 7.84. The summed E-state index contributed by atoms with van der Waals surface area (Å²) in [5.41, 5.74) is 1.53. The van der Waals surface area contributed by atoms with Gasteiger partial charge in [-0.15, -0.1) is 13.2 Å². The van der Waals surface area contributed by atoms with Gasteiger partial charge in [-0.3, -0.25) is 9.59 Å². The van der Waals surface area contributed by atoms with Gasteiger partial charge in [0.2, 0.25) is 11.8 Å². The van der Waals surface area contributed by atoms with Crippen molar-refractivity contribution in [1.82, 2.24) is 9.13 Å². The predicted octanol–water partition coefficient (Wildman–Crippen LogP) is 9.38. The third-order valence-corrected chi connectivity index (χ3v) is 10.2. The number of allylic oxidation sites excluding steroid dienone is 2. The second kappa shape index (κ2) is 15.5. The van der Waals surface area contributed by atoms with E-state index in [2.05, 4.69) is 23.1 Å². The zero-order chi connectivity index (χ0) is 30.2. The van der Waals surface area contributed by atoms with E-state index in [1.165, 1.54) is 22.7 Å². The summed E-state index contributed by atoms with van der Waals surface area (Å²) in [6.45, 7) is 8.56. The SMILES string of the molecule is C=CCn1c(=NC(=O)CCCCCCCCC(=O)N=c2sc3ccc(Cl)c(Cl)c3n2CC=C)sc2ccc(Cl)c(Cl)c21. The van der Waals surface area contributed by atoms with Crippen LogP contribution in [0.25, 0.3) is 20.4 Å². The van der Waals surface area contributed by atoms with Crippen molar-refractivity contribution in [2.75, 3.05) is 0 Å². The molecule has 222 valence electrons. The Balaban J connectivity index is 1.23. The Kier molecular flexibility index (Phi) is 12.1. The monoisotopic (exact) mass is 682 g/mol. The summed E-state index contributed by atoms with van der Waals surface area (Å²) < 4.78 is 5.57. The minimum Gasteiger partial charge on any atom is -0.311 e. The van der Waals surface area contributed by atoms with E-state index in [-0.39, 0.29) is 11.8 Å². The Hall–Kier alpha value is -2.20. The topological polar surface area (TPSA) is 68.7 Å². The standard InChI is InChI=1S/C30H30Cl4N4O2S2/c1-3-17-37-27-21(15-13-19(31)25(27)33)41-29(37)35-23(39)11-9-7-5-6-8-10-12-24(40)36-30-38(18-4-2)28-22(42-30)16-14-20(32)26(28)34/h3-4,13-16H,1-2,5-12,17-18H2. The number of aromatic nitrogens is 2. The second-order valence-electron chi connectivity index (χ2n) is 9.62. The molecule has 42 heavy (non-hydrogen) atoms. The van der Waals surface area contributed by atoms with Crippen molar-refractivity contribution >= 4 is 101 Å². The van der Waals surface area contributed by atoms with Crippen LogP contribution in [0.2, 0.25) is 20.1 Å². The molecule has 0 aliphatic rings. The Labute approximate surface area is 272 Å². The first-order chi connectivity index (χ1) is 20.2. The quantitative estimate of drug-likeness (QED) is 0.104. The smallest absolute Gasteiger partial charge is 0.248 e. The summed E-state index contributed by atoms with van der Waals surface area (Å²) in [4.78, 5) is 35.1. The minimum absolute atomic E-state index is 0.160. The van der Waals surface area contributed by atoms with Gasteiger partial charge in [0, 0.05) is 25.9 Å². The summed E-state index contributed by atoms with van der Waals surface area (Å²) in [5.74, 6) is -0.320. The van der Waals surface area contributed by atoms with Crippen LogP contribution >= 0.6 is 69.1 Å². The first-order valence-electron chi connectivity index (χ1n) is 13.6. The molecule has 0 fully saturated rings. The third-order valence-electron chi connectivity index (χ3n) is 6.56. The number of thiazole rings is 2. The molecule has 0 aliphatic heterocycles. The zero-order valence-electron chi connectivity index (χ0n) is 22.9. The molecule has 2 aromatic heterocycles. The number of hydrogen-bond donors (Lipinski definition) is 0. The van der Waals surface area contributed by atoms with E-state index in [0.717, 1.165) is 59.0 Å². The number of hydrogen-bond acceptors (Lipinski definition) is 4. The minimum atomic E-state index is -0.160. The largest absolute Gasteiger partial charge is 0.311 e. The average molecular weight is 685 g/mol. The Morgan fingerprint density at radius 2 is 1.05 bits per heavy atom. The highest BCUT2D eigenvalue weighted by Gasteiger charge is 2.14. The number of halogens is 4. The van der Waals surface area contributed by atoms with E-state index >= 15 is 0 Å². The number of rotatable bonds is 13. The Morgan fingerprint density at radius 3 is 1.43 bits per heavy atom. The molecule has 0 aliphatic carbocycles. The summed E-state index contributed by atoms with van der Waals surface area (Å²) >= 11 is 28.1. The summed E-state index contributed by atoms with van der Waals surface area (Å²) in [6.07, 6.45) is 9.58. The Bertz CT molecular complexity index is 1650. The van der Waals surface area contributed by atoms with Gasteiger partial charge in [-0.2, -0.15) is 9.98 Å². The predicted molar refractivity (Wildman–Crippen MR) is 178 cm³/mol. The lowest BCUT2D eigenvalue weighted by Gasteiger charge is -2.04. The molecule has 12 heteroatoms. The second-order valence-corrected chi connectivity index (χ2v) is 13.2. The number of carbonyl (C=O) groups is 2. The molecule has 4 aromatic rings. The van der Waals surface area contributed by atoms with Crippen molar-refractivity contribution in [1.29, 1.82) is 0 Å². The number of benzene rings is 2. The van der Waals surface area contributed by atoms with Gasteiger partial charge >= 0.3 is 0 Å². The Morgan fingerprint density at radius 1 is 0.667 bits per heavy atom. The van der Waals surface area contributed by atoms with Crippen molar-refractivity contribution in [3.05, 3.63) is 79.3 Å². The van der Waals surface area contributed by atoms with Gasteiger partial charge in [0.05, 0.1) is 40.5 Å². The fraction of sp³-hybridized carbons (Fsp3) is 0.333. The first kappa shape index (κ1) is 32.7. The summed E-state index contributed by atoms with van der Waals surface area (Å²) in [6, 6.07) is 7.26. The van der Waals surface area contributed by atoms with Crippen LogP contribution in [0.5, 0.6) is 0 Å². The fourth-order valence-corrected chi connectivity index (χ4v) is 7.64. The van der Waals surface area contributed by atoms with Crippen LogP contribution in [0.4, 0.5) is 0 Å². The highest BCUT2D eigenvalue weighted by atomic mass is 35.5. The van der Waals surface area contributed by atoms with E-state index in [0.29, 0.717) is 55.6 Å². The molecule has 0 radical (unpaired) electrons. The average Bonchev–Trinajstić information content (AvgIpc) is 3.48.